The van der Waals surface area contributed by atoms with Gasteiger partial charge in [0.25, 0.3) is 0 Å². The second-order valence-corrected chi connectivity index (χ2v) is 3.44. The number of hydrogen-bond donors (Lipinski definition) is 2. The van der Waals surface area contributed by atoms with Crippen molar-refractivity contribution in [1.82, 2.24) is 0 Å². The van der Waals surface area contributed by atoms with Gasteiger partial charge < -0.3 is 10.8 Å². The van der Waals surface area contributed by atoms with Crippen molar-refractivity contribution in [1.29, 1.82) is 0 Å². The number of carboxylic acids is 1. The zero-order valence-corrected chi connectivity index (χ0v) is 7.60. The molecule has 1 rings (SSSR count). The van der Waals surface area contributed by atoms with Gasteiger partial charge in [-0.1, -0.05) is 6.92 Å². The molecule has 1 atom stereocenters. The highest BCUT2D eigenvalue weighted by Gasteiger charge is 2.15. The number of carbonyl (C=O) groups is 1. The van der Waals surface area contributed by atoms with Crippen LogP contribution in [0.4, 0.5) is 0 Å². The Morgan fingerprint density at radius 1 is 1.83 bits per heavy atom. The van der Waals surface area contributed by atoms with Crippen molar-refractivity contribution in [3.05, 3.63) is 21.9 Å². The van der Waals surface area contributed by atoms with E-state index in [-0.39, 0.29) is 6.04 Å². The number of nitrogens with two attached hydrogens (primary N) is 1. The third-order valence-electron chi connectivity index (χ3n) is 1.73. The molecule has 4 heteroatoms. The Labute approximate surface area is 74.8 Å². The van der Waals surface area contributed by atoms with Crippen LogP contribution in [0.1, 0.15) is 34.6 Å². The number of thiophene rings is 1. The van der Waals surface area contributed by atoms with E-state index in [4.69, 9.17) is 10.8 Å². The third kappa shape index (κ3) is 1.65. The summed E-state index contributed by atoms with van der Waals surface area (Å²) in [6, 6.07) is 1.63. The minimum atomic E-state index is -0.885. The van der Waals surface area contributed by atoms with Gasteiger partial charge in [0.1, 0.15) is 4.88 Å². The first-order valence-electron chi connectivity index (χ1n) is 3.73. The molecular formula is C8H11NO2S. The number of aromatic carboxylic acids is 1. The molecule has 1 aromatic rings. The summed E-state index contributed by atoms with van der Waals surface area (Å²) in [5, 5.41) is 10.5. The first-order valence-corrected chi connectivity index (χ1v) is 4.61. The van der Waals surface area contributed by atoms with Crippen LogP contribution in [0.25, 0.3) is 0 Å². The Morgan fingerprint density at radius 3 is 3.00 bits per heavy atom. The van der Waals surface area contributed by atoms with Crippen LogP contribution in [-0.4, -0.2) is 11.1 Å². The zero-order chi connectivity index (χ0) is 9.14. The molecule has 1 aromatic heterocycles. The molecule has 66 valence electrons. The average molecular weight is 185 g/mol. The lowest BCUT2D eigenvalue weighted by Crippen LogP contribution is -2.11. The van der Waals surface area contributed by atoms with E-state index in [0.717, 1.165) is 12.0 Å². The molecule has 3 nitrogen and oxygen atoms in total. The maximum absolute atomic E-state index is 10.7. The molecule has 0 aliphatic carbocycles. The van der Waals surface area contributed by atoms with E-state index in [1.54, 1.807) is 11.4 Å². The predicted molar refractivity (Wildman–Crippen MR) is 48.5 cm³/mol. The standard InChI is InChI=1S/C8H11NO2S/c1-2-6(9)5-3-4-12-7(5)8(10)11/h3-4,6H,2,9H2,1H3,(H,10,11)/t6-/m1/s1. The van der Waals surface area contributed by atoms with Crippen molar-refractivity contribution in [3.63, 3.8) is 0 Å². The first-order chi connectivity index (χ1) is 5.66. The second-order valence-electron chi connectivity index (χ2n) is 2.52. The van der Waals surface area contributed by atoms with E-state index in [2.05, 4.69) is 0 Å². The molecule has 0 bridgehead atoms. The third-order valence-corrected chi connectivity index (χ3v) is 2.65. The maximum Gasteiger partial charge on any atom is 0.346 e. The molecule has 0 saturated heterocycles. The van der Waals surface area contributed by atoms with Crippen LogP contribution in [0, 0.1) is 0 Å². The molecule has 0 spiro atoms. The van der Waals surface area contributed by atoms with Gasteiger partial charge in [0.05, 0.1) is 0 Å². The molecule has 1 heterocycles. The van der Waals surface area contributed by atoms with Gasteiger partial charge in [0, 0.05) is 6.04 Å². The normalized spacial score (nSPS) is 12.8. The summed E-state index contributed by atoms with van der Waals surface area (Å²) >= 11 is 1.22. The van der Waals surface area contributed by atoms with Gasteiger partial charge in [-0.05, 0) is 23.4 Å². The molecule has 0 saturated carbocycles. The molecule has 0 aliphatic rings. The lowest BCUT2D eigenvalue weighted by atomic mass is 10.1. The molecule has 3 N–H and O–H groups in total. The number of rotatable bonds is 3. The summed E-state index contributed by atoms with van der Waals surface area (Å²) in [7, 11) is 0. The van der Waals surface area contributed by atoms with Crippen LogP contribution in [0.3, 0.4) is 0 Å². The summed E-state index contributed by atoms with van der Waals surface area (Å²) in [6.07, 6.45) is 0.761. The van der Waals surface area contributed by atoms with Crippen LogP contribution in [0.2, 0.25) is 0 Å². The molecule has 0 fully saturated rings. The summed E-state index contributed by atoms with van der Waals surface area (Å²) < 4.78 is 0. The zero-order valence-electron chi connectivity index (χ0n) is 6.78. The number of carboxylic acid groups (broad SMARTS) is 1. The molecular weight excluding hydrogens is 174 g/mol. The quantitative estimate of drug-likeness (QED) is 0.755. The Hall–Kier alpha value is -0.870. The highest BCUT2D eigenvalue weighted by molar-refractivity contribution is 7.12. The van der Waals surface area contributed by atoms with Gasteiger partial charge in [0.15, 0.2) is 0 Å². The summed E-state index contributed by atoms with van der Waals surface area (Å²) in [5.41, 5.74) is 6.47. The first kappa shape index (κ1) is 9.22. The van der Waals surface area contributed by atoms with E-state index in [9.17, 15) is 4.79 Å². The van der Waals surface area contributed by atoms with E-state index < -0.39 is 5.97 Å². The Balaban J connectivity index is 2.98. The van der Waals surface area contributed by atoms with Crippen LogP contribution >= 0.6 is 11.3 Å². The highest BCUT2D eigenvalue weighted by atomic mass is 32.1. The van der Waals surface area contributed by atoms with Gasteiger partial charge in [-0.2, -0.15) is 0 Å². The molecule has 0 radical (unpaired) electrons. The van der Waals surface area contributed by atoms with Crippen molar-refractivity contribution in [2.75, 3.05) is 0 Å². The second kappa shape index (κ2) is 3.69. The van der Waals surface area contributed by atoms with E-state index in [0.29, 0.717) is 4.88 Å². The topological polar surface area (TPSA) is 63.3 Å². The molecule has 0 aromatic carbocycles. The van der Waals surface area contributed by atoms with Crippen molar-refractivity contribution in [2.45, 2.75) is 19.4 Å². The summed E-state index contributed by atoms with van der Waals surface area (Å²) in [6.45, 7) is 1.94. The van der Waals surface area contributed by atoms with Crippen LogP contribution in [0.15, 0.2) is 11.4 Å². The molecule has 0 aliphatic heterocycles. The van der Waals surface area contributed by atoms with Gasteiger partial charge in [-0.3, -0.25) is 0 Å². The lowest BCUT2D eigenvalue weighted by molar-refractivity contribution is 0.0700. The smallest absolute Gasteiger partial charge is 0.346 e. The summed E-state index contributed by atoms with van der Waals surface area (Å²) in [4.78, 5) is 11.0. The van der Waals surface area contributed by atoms with E-state index in [1.807, 2.05) is 6.92 Å². The van der Waals surface area contributed by atoms with Crippen molar-refractivity contribution < 1.29 is 9.90 Å². The van der Waals surface area contributed by atoms with Crippen LogP contribution in [0.5, 0.6) is 0 Å². The largest absolute Gasteiger partial charge is 0.477 e. The fourth-order valence-electron chi connectivity index (χ4n) is 1.00. The molecule has 0 amide bonds. The predicted octanol–water partition coefficient (Wildman–Crippen LogP) is 1.86. The fraction of sp³-hybridized carbons (Fsp3) is 0.375. The fourth-order valence-corrected chi connectivity index (χ4v) is 1.81. The van der Waals surface area contributed by atoms with Gasteiger partial charge in [-0.15, -0.1) is 11.3 Å². The maximum atomic E-state index is 10.7. The molecule has 12 heavy (non-hydrogen) atoms. The van der Waals surface area contributed by atoms with Gasteiger partial charge in [0.2, 0.25) is 0 Å². The van der Waals surface area contributed by atoms with Crippen molar-refractivity contribution >= 4 is 17.3 Å². The summed E-state index contributed by atoms with van der Waals surface area (Å²) in [5.74, 6) is -0.885. The van der Waals surface area contributed by atoms with Crippen molar-refractivity contribution in [2.24, 2.45) is 5.73 Å². The Morgan fingerprint density at radius 2 is 2.50 bits per heavy atom. The Bertz CT molecular complexity index is 282. The van der Waals surface area contributed by atoms with Gasteiger partial charge >= 0.3 is 5.97 Å². The SMILES string of the molecule is CC[C@@H](N)c1ccsc1C(=O)O. The minimum Gasteiger partial charge on any atom is -0.477 e. The number of hydrogen-bond acceptors (Lipinski definition) is 3. The molecule has 0 unspecified atom stereocenters. The monoisotopic (exact) mass is 185 g/mol. The Kier molecular flexibility index (Phi) is 2.83. The van der Waals surface area contributed by atoms with E-state index in [1.165, 1.54) is 11.3 Å². The minimum absolute atomic E-state index is 0.151. The highest BCUT2D eigenvalue weighted by Crippen LogP contribution is 2.23. The van der Waals surface area contributed by atoms with Crippen LogP contribution in [-0.2, 0) is 0 Å². The van der Waals surface area contributed by atoms with Gasteiger partial charge in [-0.25, -0.2) is 4.79 Å². The van der Waals surface area contributed by atoms with Crippen molar-refractivity contribution in [3.8, 4) is 0 Å². The van der Waals surface area contributed by atoms with E-state index >= 15 is 0 Å². The average Bonchev–Trinajstić information content (AvgIpc) is 2.50. The van der Waals surface area contributed by atoms with Crippen LogP contribution < -0.4 is 5.73 Å². The lowest BCUT2D eigenvalue weighted by Gasteiger charge is -2.06.